The zero-order valence-electron chi connectivity index (χ0n) is 19.3. The Balaban J connectivity index is -0.000000806. The number of likely N-dealkylation sites (N-methyl/N-ethyl adjacent to an activating group) is 2. The van der Waals surface area contributed by atoms with Crippen molar-refractivity contribution >= 4 is 56.4 Å². The molecule has 194 valence electrons. The van der Waals surface area contributed by atoms with E-state index in [1.807, 2.05) is 5.32 Å². The van der Waals surface area contributed by atoms with Crippen molar-refractivity contribution in [2.24, 2.45) is 5.73 Å². The number of nitrogens with two attached hydrogens (primary N) is 1. The highest BCUT2D eigenvalue weighted by molar-refractivity contribution is 7.79. The summed E-state index contributed by atoms with van der Waals surface area (Å²) in [6.07, 6.45) is 1.68. The molecule has 17 heteroatoms. The number of carbonyl (C=O) groups excluding carboxylic acids is 5. The summed E-state index contributed by atoms with van der Waals surface area (Å²) >= 11 is 3.53. The first kappa shape index (κ1) is 35.9. The second-order valence-electron chi connectivity index (χ2n) is 6.31. The van der Waals surface area contributed by atoms with E-state index in [4.69, 9.17) is 28.9 Å². The highest BCUT2D eigenvalue weighted by atomic mass is 32.1. The molecule has 0 aliphatic heterocycles. The fourth-order valence-corrected chi connectivity index (χ4v) is 1.74. The minimum Gasteiger partial charge on any atom is -0.479 e. The van der Waals surface area contributed by atoms with Crippen molar-refractivity contribution in [1.82, 2.24) is 26.6 Å². The Hall–Kier alpha value is -2.73. The SMILES string of the molecule is CNCC(=O)N[C@@H](CO)C(=O)N[C@@H](C)C(=O)N[C@H](C=O)CC(N)=O.CS.[B]C(O)(NC)C(=O)O. The van der Waals surface area contributed by atoms with Crippen molar-refractivity contribution in [3.05, 3.63) is 0 Å². The van der Waals surface area contributed by atoms with Crippen LogP contribution in [0.15, 0.2) is 0 Å². The fraction of sp³-hybridized carbons (Fsp3) is 0.647. The first-order valence-electron chi connectivity index (χ1n) is 9.53. The summed E-state index contributed by atoms with van der Waals surface area (Å²) in [6, 6.07) is -3.39. The van der Waals surface area contributed by atoms with Crippen molar-refractivity contribution in [1.29, 1.82) is 0 Å². The highest BCUT2D eigenvalue weighted by Crippen LogP contribution is 1.92. The number of hydrogen-bond donors (Lipinski definition) is 10. The summed E-state index contributed by atoms with van der Waals surface area (Å²) in [5, 5.41) is 37.0. The average Bonchev–Trinajstić information content (AvgIpc) is 2.78. The van der Waals surface area contributed by atoms with Crippen LogP contribution in [0.3, 0.4) is 0 Å². The van der Waals surface area contributed by atoms with Crippen molar-refractivity contribution in [2.75, 3.05) is 33.5 Å². The molecule has 1 unspecified atom stereocenters. The van der Waals surface area contributed by atoms with Crippen LogP contribution >= 0.6 is 12.6 Å². The van der Waals surface area contributed by atoms with Gasteiger partial charge in [-0.1, -0.05) is 0 Å². The van der Waals surface area contributed by atoms with Gasteiger partial charge in [0.2, 0.25) is 23.6 Å². The lowest BCUT2D eigenvalue weighted by atomic mass is 9.92. The molecule has 2 radical (unpaired) electrons. The van der Waals surface area contributed by atoms with Crippen LogP contribution in [0, 0.1) is 0 Å². The number of carboxylic acid groups (broad SMARTS) is 1. The summed E-state index contributed by atoms with van der Waals surface area (Å²) < 4.78 is 0. The third-order valence-electron chi connectivity index (χ3n) is 3.54. The molecular weight excluding hydrogens is 475 g/mol. The molecule has 0 heterocycles. The zero-order chi connectivity index (χ0) is 27.5. The number of nitrogens with one attached hydrogen (secondary N) is 5. The predicted molar refractivity (Wildman–Crippen MR) is 125 cm³/mol. The van der Waals surface area contributed by atoms with E-state index in [-0.39, 0.29) is 13.0 Å². The Bertz CT molecular complexity index is 684. The minimum absolute atomic E-state index is 0.0477. The Morgan fingerprint density at radius 2 is 1.62 bits per heavy atom. The maximum Gasteiger partial charge on any atom is 0.340 e. The molecule has 4 atom stereocenters. The fourth-order valence-electron chi connectivity index (χ4n) is 1.74. The molecule has 0 aliphatic carbocycles. The third-order valence-corrected chi connectivity index (χ3v) is 3.54. The zero-order valence-corrected chi connectivity index (χ0v) is 20.2. The summed E-state index contributed by atoms with van der Waals surface area (Å²) in [5.74, 6) is -4.27. The van der Waals surface area contributed by atoms with Gasteiger partial charge in [0.25, 0.3) is 0 Å². The molecule has 0 aliphatic rings. The van der Waals surface area contributed by atoms with E-state index in [0.29, 0.717) is 6.29 Å². The quantitative estimate of drug-likeness (QED) is 0.0486. The second-order valence-corrected chi connectivity index (χ2v) is 6.31. The van der Waals surface area contributed by atoms with E-state index < -0.39 is 60.0 Å². The molecule has 0 saturated carbocycles. The summed E-state index contributed by atoms with van der Waals surface area (Å²) in [4.78, 5) is 66.5. The Morgan fingerprint density at radius 1 is 1.09 bits per heavy atom. The first-order valence-corrected chi connectivity index (χ1v) is 10.4. The van der Waals surface area contributed by atoms with Gasteiger partial charge >= 0.3 is 5.97 Å². The molecule has 0 aromatic rings. The molecule has 0 aromatic heterocycles. The second kappa shape index (κ2) is 19.7. The number of rotatable bonds is 13. The van der Waals surface area contributed by atoms with Gasteiger partial charge in [0, 0.05) is 0 Å². The predicted octanol–water partition coefficient (Wildman–Crippen LogP) is -5.60. The van der Waals surface area contributed by atoms with E-state index in [1.165, 1.54) is 21.0 Å². The molecular formula is C17H33BN6O9S. The number of aliphatic carboxylic acids is 1. The molecule has 34 heavy (non-hydrogen) atoms. The van der Waals surface area contributed by atoms with Gasteiger partial charge in [-0.25, -0.2) is 4.79 Å². The van der Waals surface area contributed by atoms with E-state index in [0.717, 1.165) is 0 Å². The van der Waals surface area contributed by atoms with Crippen molar-refractivity contribution in [3.8, 4) is 0 Å². The molecule has 0 saturated heterocycles. The lowest BCUT2D eigenvalue weighted by Gasteiger charge is -2.20. The highest BCUT2D eigenvalue weighted by Gasteiger charge is 2.26. The van der Waals surface area contributed by atoms with Crippen LogP contribution in [-0.4, -0.2) is 116 Å². The van der Waals surface area contributed by atoms with E-state index >= 15 is 0 Å². The Kier molecular flexibility index (Phi) is 20.8. The number of aldehydes is 1. The van der Waals surface area contributed by atoms with Crippen LogP contribution in [0.5, 0.6) is 0 Å². The van der Waals surface area contributed by atoms with Gasteiger partial charge < -0.3 is 47.1 Å². The van der Waals surface area contributed by atoms with Crippen LogP contribution in [0.1, 0.15) is 13.3 Å². The minimum atomic E-state index is -2.29. The molecule has 0 fully saturated rings. The molecule has 4 amide bonds. The monoisotopic (exact) mass is 508 g/mol. The van der Waals surface area contributed by atoms with Crippen molar-refractivity contribution in [3.63, 3.8) is 0 Å². The van der Waals surface area contributed by atoms with Crippen LogP contribution in [0.2, 0.25) is 0 Å². The maximum absolute atomic E-state index is 11.9. The van der Waals surface area contributed by atoms with Gasteiger partial charge in [0.15, 0.2) is 13.5 Å². The smallest absolute Gasteiger partial charge is 0.340 e. The molecule has 0 spiro atoms. The van der Waals surface area contributed by atoms with Crippen LogP contribution in [0.4, 0.5) is 0 Å². The lowest BCUT2D eigenvalue weighted by Crippen LogP contribution is -2.56. The Morgan fingerprint density at radius 3 is 1.94 bits per heavy atom. The molecule has 15 nitrogen and oxygen atoms in total. The third kappa shape index (κ3) is 16.8. The molecule has 0 aromatic carbocycles. The molecule has 0 rings (SSSR count). The number of thiol groups is 1. The Labute approximate surface area is 203 Å². The number of hydrogen-bond acceptors (Lipinski definition) is 11. The summed E-state index contributed by atoms with van der Waals surface area (Å²) in [6.45, 7) is 0.630. The summed E-state index contributed by atoms with van der Waals surface area (Å²) in [5.41, 5.74) is 2.65. The standard InChI is InChI=1S/C13H23N5O6.C3H6BNO3.CH4S/c1-7(12(23)17-8(5-19)3-10(14)21)16-13(24)9(6-20)18-11(22)4-15-2;1-5-3(4,8)2(6)7;1-2/h5,7-9,15,20H,3-4,6H2,1-2H3,(H2,14,21)(H,16,24)(H,17,23)(H,18,22);5,8H,1H3,(H,6,7);2H,1H3/t7-,8-,9-;;/m0../s1. The van der Waals surface area contributed by atoms with Gasteiger partial charge in [-0.3, -0.25) is 24.5 Å². The number of primary amides is 1. The number of carbonyl (C=O) groups is 6. The lowest BCUT2D eigenvalue weighted by molar-refractivity contribution is -0.152. The van der Waals surface area contributed by atoms with Crippen molar-refractivity contribution < 1.29 is 44.1 Å². The van der Waals surface area contributed by atoms with Gasteiger partial charge in [-0.2, -0.15) is 12.6 Å². The number of aliphatic hydroxyl groups excluding tert-OH is 1. The van der Waals surface area contributed by atoms with Gasteiger partial charge in [-0.15, -0.1) is 0 Å². The first-order chi connectivity index (χ1) is 15.7. The number of amides is 4. The average molecular weight is 508 g/mol. The molecule has 10 N–H and O–H groups in total. The van der Waals surface area contributed by atoms with Gasteiger partial charge in [-0.05, 0) is 27.3 Å². The van der Waals surface area contributed by atoms with Crippen LogP contribution in [0.25, 0.3) is 0 Å². The van der Waals surface area contributed by atoms with Gasteiger partial charge in [0.1, 0.15) is 18.4 Å². The number of carboxylic acids is 1. The summed E-state index contributed by atoms with van der Waals surface area (Å²) in [7, 11) is 7.49. The van der Waals surface area contributed by atoms with Gasteiger partial charge in [0.05, 0.1) is 25.6 Å². The van der Waals surface area contributed by atoms with Crippen molar-refractivity contribution in [2.45, 2.75) is 37.1 Å². The van der Waals surface area contributed by atoms with Crippen LogP contribution < -0.4 is 32.3 Å². The van der Waals surface area contributed by atoms with E-state index in [9.17, 15) is 28.8 Å². The molecule has 0 bridgehead atoms. The van der Waals surface area contributed by atoms with E-state index in [2.05, 4.69) is 33.9 Å². The number of aliphatic hydroxyl groups is 2. The van der Waals surface area contributed by atoms with E-state index in [1.54, 1.807) is 6.26 Å². The van der Waals surface area contributed by atoms with Crippen LogP contribution in [-0.2, 0) is 28.8 Å². The maximum atomic E-state index is 11.9. The normalized spacial score (nSPS) is 14.1. The topological polar surface area (TPSA) is 249 Å². The largest absolute Gasteiger partial charge is 0.479 e.